The molecule has 0 aliphatic carbocycles. The number of carbonyl (C=O) groups excluding carboxylic acids is 1. The second-order valence-corrected chi connectivity index (χ2v) is 5.42. The van der Waals surface area contributed by atoms with Crippen LogP contribution in [0, 0.1) is 18.7 Å². The summed E-state index contributed by atoms with van der Waals surface area (Å²) in [6.07, 6.45) is 0.753. The number of carboxylic acids is 1. The quantitative estimate of drug-likeness (QED) is 0.870. The fourth-order valence-corrected chi connectivity index (χ4v) is 2.47. The Morgan fingerprint density at radius 3 is 2.76 bits per heavy atom. The number of benzene rings is 1. The summed E-state index contributed by atoms with van der Waals surface area (Å²) >= 11 is 0. The number of carboxylic acid groups (broad SMARTS) is 1. The van der Waals surface area contributed by atoms with E-state index in [0.717, 1.165) is 11.1 Å². The molecule has 1 saturated heterocycles. The lowest BCUT2D eigenvalue weighted by atomic mass is 9.97. The number of urea groups is 1. The van der Waals surface area contributed by atoms with Crippen LogP contribution in [0.5, 0.6) is 0 Å². The van der Waals surface area contributed by atoms with Crippen LogP contribution >= 0.6 is 0 Å². The first-order chi connectivity index (χ1) is 9.95. The van der Waals surface area contributed by atoms with Crippen molar-refractivity contribution in [3.8, 4) is 0 Å². The molecule has 114 valence electrons. The highest BCUT2D eigenvalue weighted by atomic mass is 19.1. The first-order valence-electron chi connectivity index (χ1n) is 6.95. The molecule has 2 rings (SSSR count). The number of carbonyl (C=O) groups is 2. The van der Waals surface area contributed by atoms with Crippen LogP contribution in [0.15, 0.2) is 18.2 Å². The molecule has 0 atom stereocenters. The van der Waals surface area contributed by atoms with E-state index in [1.807, 2.05) is 6.92 Å². The molecule has 0 spiro atoms. The molecule has 1 aromatic carbocycles. The van der Waals surface area contributed by atoms with Gasteiger partial charge in [-0.2, -0.15) is 0 Å². The second kappa shape index (κ2) is 6.56. The zero-order chi connectivity index (χ0) is 15.4. The first kappa shape index (κ1) is 15.3. The largest absolute Gasteiger partial charge is 0.481 e. The standard InChI is InChI=1S/C15H19FN2O3/c1-10-6-13(16)3-2-12(10)4-5-17-15(21)18-8-11(9-18)7-14(19)20/h2-3,6,11H,4-5,7-9H2,1H3,(H,17,21)(H,19,20). The van der Waals surface area contributed by atoms with E-state index in [9.17, 15) is 14.0 Å². The summed E-state index contributed by atoms with van der Waals surface area (Å²) in [7, 11) is 0. The SMILES string of the molecule is Cc1cc(F)ccc1CCNC(=O)N1CC(CC(=O)O)C1. The van der Waals surface area contributed by atoms with Crippen LogP contribution in [0.4, 0.5) is 9.18 Å². The monoisotopic (exact) mass is 294 g/mol. The predicted molar refractivity (Wildman–Crippen MR) is 75.6 cm³/mol. The molecule has 1 aliphatic heterocycles. The van der Waals surface area contributed by atoms with E-state index < -0.39 is 5.97 Å². The van der Waals surface area contributed by atoms with Gasteiger partial charge in [0.05, 0.1) is 6.42 Å². The van der Waals surface area contributed by atoms with Crippen molar-refractivity contribution in [1.29, 1.82) is 0 Å². The Bertz CT molecular complexity index is 542. The minimum atomic E-state index is -0.827. The molecular formula is C15H19FN2O3. The van der Waals surface area contributed by atoms with Gasteiger partial charge in [0.2, 0.25) is 0 Å². The smallest absolute Gasteiger partial charge is 0.317 e. The number of aliphatic carboxylic acids is 1. The molecule has 0 radical (unpaired) electrons. The minimum Gasteiger partial charge on any atom is -0.481 e. The van der Waals surface area contributed by atoms with Crippen LogP contribution in [0.1, 0.15) is 17.5 Å². The highest BCUT2D eigenvalue weighted by Crippen LogP contribution is 2.18. The van der Waals surface area contributed by atoms with Gasteiger partial charge in [0.25, 0.3) is 0 Å². The van der Waals surface area contributed by atoms with Gasteiger partial charge in [-0.25, -0.2) is 9.18 Å². The molecule has 1 aromatic rings. The van der Waals surface area contributed by atoms with Gasteiger partial charge < -0.3 is 15.3 Å². The number of rotatable bonds is 5. The summed E-state index contributed by atoms with van der Waals surface area (Å²) in [4.78, 5) is 23.9. The Hall–Kier alpha value is -2.11. The third-order valence-electron chi connectivity index (χ3n) is 3.68. The maximum absolute atomic E-state index is 13.0. The van der Waals surface area contributed by atoms with Crippen LogP contribution in [-0.4, -0.2) is 41.6 Å². The summed E-state index contributed by atoms with van der Waals surface area (Å²) in [6.45, 7) is 3.30. The van der Waals surface area contributed by atoms with Crippen molar-refractivity contribution in [2.45, 2.75) is 19.8 Å². The third-order valence-corrected chi connectivity index (χ3v) is 3.68. The Morgan fingerprint density at radius 2 is 2.14 bits per heavy atom. The van der Waals surface area contributed by atoms with E-state index in [1.54, 1.807) is 11.0 Å². The minimum absolute atomic E-state index is 0.0626. The number of amides is 2. The summed E-state index contributed by atoms with van der Waals surface area (Å²) < 4.78 is 13.0. The third kappa shape index (κ3) is 4.18. The Balaban J connectivity index is 1.69. The molecule has 0 bridgehead atoms. The van der Waals surface area contributed by atoms with E-state index in [1.165, 1.54) is 12.1 Å². The zero-order valence-corrected chi connectivity index (χ0v) is 11.9. The van der Waals surface area contributed by atoms with Crippen LogP contribution in [0.2, 0.25) is 0 Å². The van der Waals surface area contributed by atoms with Gasteiger partial charge in [0.1, 0.15) is 5.82 Å². The average molecular weight is 294 g/mol. The van der Waals surface area contributed by atoms with Gasteiger partial charge in [-0.15, -0.1) is 0 Å². The number of nitrogens with one attached hydrogen (secondary N) is 1. The van der Waals surface area contributed by atoms with Gasteiger partial charge in [0, 0.05) is 25.6 Å². The fraction of sp³-hybridized carbons (Fsp3) is 0.467. The number of aryl methyl sites for hydroxylation is 1. The highest BCUT2D eigenvalue weighted by Gasteiger charge is 2.31. The lowest BCUT2D eigenvalue weighted by Crippen LogP contribution is -2.54. The van der Waals surface area contributed by atoms with Crippen molar-refractivity contribution in [3.63, 3.8) is 0 Å². The van der Waals surface area contributed by atoms with Crippen LogP contribution in [0.3, 0.4) is 0 Å². The summed E-state index contributed by atoms with van der Waals surface area (Å²) in [6, 6.07) is 4.44. The van der Waals surface area contributed by atoms with Crippen molar-refractivity contribution in [1.82, 2.24) is 10.2 Å². The molecule has 21 heavy (non-hydrogen) atoms. The Kier molecular flexibility index (Phi) is 4.77. The molecule has 1 aliphatic rings. The van der Waals surface area contributed by atoms with Crippen molar-refractivity contribution >= 4 is 12.0 Å². The molecule has 5 nitrogen and oxygen atoms in total. The van der Waals surface area contributed by atoms with Crippen LogP contribution in [-0.2, 0) is 11.2 Å². The predicted octanol–water partition coefficient (Wildman–Crippen LogP) is 1.79. The fourth-order valence-electron chi connectivity index (χ4n) is 2.47. The van der Waals surface area contributed by atoms with Crippen molar-refractivity contribution in [2.24, 2.45) is 5.92 Å². The Morgan fingerprint density at radius 1 is 1.43 bits per heavy atom. The number of halogens is 1. The number of likely N-dealkylation sites (tertiary alicyclic amines) is 1. The lowest BCUT2D eigenvalue weighted by molar-refractivity contribution is -0.139. The molecule has 2 N–H and O–H groups in total. The summed E-state index contributed by atoms with van der Waals surface area (Å²) in [5, 5.41) is 11.4. The van der Waals surface area contributed by atoms with Crippen molar-refractivity contribution in [3.05, 3.63) is 35.1 Å². The lowest BCUT2D eigenvalue weighted by Gasteiger charge is -2.38. The molecule has 0 saturated carbocycles. The maximum atomic E-state index is 13.0. The number of nitrogens with zero attached hydrogens (tertiary/aromatic N) is 1. The molecule has 1 heterocycles. The average Bonchev–Trinajstić information content (AvgIpc) is 2.35. The van der Waals surface area contributed by atoms with E-state index in [2.05, 4.69) is 5.32 Å². The van der Waals surface area contributed by atoms with Crippen molar-refractivity contribution in [2.75, 3.05) is 19.6 Å². The number of hydrogen-bond donors (Lipinski definition) is 2. The summed E-state index contributed by atoms with van der Waals surface area (Å²) in [5.41, 5.74) is 1.87. The van der Waals surface area contributed by atoms with Crippen molar-refractivity contribution < 1.29 is 19.1 Å². The molecule has 0 unspecified atom stereocenters. The van der Waals surface area contributed by atoms with Crippen LogP contribution < -0.4 is 5.32 Å². The van der Waals surface area contributed by atoms with E-state index in [4.69, 9.17) is 5.11 Å². The topological polar surface area (TPSA) is 69.6 Å². The molecular weight excluding hydrogens is 275 g/mol. The van der Waals surface area contributed by atoms with Crippen LogP contribution in [0.25, 0.3) is 0 Å². The molecule has 0 aromatic heterocycles. The first-order valence-corrected chi connectivity index (χ1v) is 6.95. The molecule has 2 amide bonds. The van der Waals surface area contributed by atoms with E-state index in [-0.39, 0.29) is 24.2 Å². The number of hydrogen-bond acceptors (Lipinski definition) is 2. The van der Waals surface area contributed by atoms with E-state index in [0.29, 0.717) is 26.1 Å². The zero-order valence-electron chi connectivity index (χ0n) is 11.9. The normalized spacial score (nSPS) is 14.7. The summed E-state index contributed by atoms with van der Waals surface area (Å²) in [5.74, 6) is -1.02. The van der Waals surface area contributed by atoms with Gasteiger partial charge in [0.15, 0.2) is 0 Å². The van der Waals surface area contributed by atoms with Gasteiger partial charge in [-0.05, 0) is 36.6 Å². The molecule has 1 fully saturated rings. The van der Waals surface area contributed by atoms with Gasteiger partial charge >= 0.3 is 12.0 Å². The van der Waals surface area contributed by atoms with Gasteiger partial charge in [-0.3, -0.25) is 4.79 Å². The highest BCUT2D eigenvalue weighted by molar-refractivity contribution is 5.75. The van der Waals surface area contributed by atoms with E-state index >= 15 is 0 Å². The Labute approximate surface area is 122 Å². The second-order valence-electron chi connectivity index (χ2n) is 5.42. The van der Waals surface area contributed by atoms with Gasteiger partial charge in [-0.1, -0.05) is 6.07 Å². The maximum Gasteiger partial charge on any atom is 0.317 e. The molecule has 6 heteroatoms.